The van der Waals surface area contributed by atoms with Gasteiger partial charge in [-0.25, -0.2) is 0 Å². The van der Waals surface area contributed by atoms with E-state index >= 15 is 0 Å². The Bertz CT molecular complexity index is 385. The van der Waals surface area contributed by atoms with Gasteiger partial charge in [-0.1, -0.05) is 13.8 Å². The Morgan fingerprint density at radius 2 is 2.33 bits per heavy atom. The number of carbonyl (C=O) groups excluding carboxylic acids is 1. The van der Waals surface area contributed by atoms with Crippen molar-refractivity contribution in [3.63, 3.8) is 0 Å². The molecule has 1 aromatic rings. The van der Waals surface area contributed by atoms with Crippen molar-refractivity contribution in [2.75, 3.05) is 11.1 Å². The Labute approximate surface area is 87.2 Å². The number of aromatic nitrogens is 2. The van der Waals surface area contributed by atoms with Crippen LogP contribution in [0.25, 0.3) is 0 Å². The van der Waals surface area contributed by atoms with Crippen LogP contribution in [0.3, 0.4) is 0 Å². The Morgan fingerprint density at radius 3 is 3.00 bits per heavy atom. The summed E-state index contributed by atoms with van der Waals surface area (Å²) < 4.78 is 5.44. The van der Waals surface area contributed by atoms with E-state index < -0.39 is 6.10 Å². The lowest BCUT2D eigenvalue weighted by atomic mass is 10.0. The van der Waals surface area contributed by atoms with Gasteiger partial charge in [0, 0.05) is 0 Å². The number of hydrogen-bond donors (Lipinski definition) is 3. The molecule has 2 heterocycles. The van der Waals surface area contributed by atoms with Gasteiger partial charge >= 0.3 is 0 Å². The van der Waals surface area contributed by atoms with Gasteiger partial charge in [0.05, 0.1) is 0 Å². The zero-order valence-electron chi connectivity index (χ0n) is 8.70. The predicted octanol–water partition coefficient (Wildman–Crippen LogP) is 0.738. The second-order valence-electron chi connectivity index (χ2n) is 4.04. The monoisotopic (exact) mass is 210 g/mol. The van der Waals surface area contributed by atoms with Crippen LogP contribution in [0, 0.1) is 5.92 Å². The maximum absolute atomic E-state index is 11.6. The van der Waals surface area contributed by atoms with Gasteiger partial charge in [-0.2, -0.15) is 0 Å². The lowest BCUT2D eigenvalue weighted by molar-refractivity contribution is -0.124. The summed E-state index contributed by atoms with van der Waals surface area (Å²) in [5.41, 5.74) is 6.00. The van der Waals surface area contributed by atoms with Crippen LogP contribution in [-0.4, -0.2) is 22.2 Å². The Morgan fingerprint density at radius 1 is 1.60 bits per heavy atom. The number of nitrogens with two attached hydrogens (primary N) is 1. The summed E-state index contributed by atoms with van der Waals surface area (Å²) in [6, 6.07) is 0. The first kappa shape index (κ1) is 9.82. The lowest BCUT2D eigenvalue weighted by Gasteiger charge is -2.23. The van der Waals surface area contributed by atoms with E-state index in [-0.39, 0.29) is 5.91 Å². The third-order valence-electron chi connectivity index (χ3n) is 2.24. The minimum Gasteiger partial charge on any atom is -0.462 e. The third kappa shape index (κ3) is 1.74. The van der Waals surface area contributed by atoms with Crippen LogP contribution in [0.2, 0.25) is 0 Å². The number of amides is 1. The average Bonchev–Trinajstić information content (AvgIpc) is 2.48. The molecule has 1 aliphatic heterocycles. The van der Waals surface area contributed by atoms with Crippen molar-refractivity contribution in [2.24, 2.45) is 5.92 Å². The Hall–Kier alpha value is -1.72. The van der Waals surface area contributed by atoms with Gasteiger partial charge < -0.3 is 15.8 Å². The SMILES string of the molecule is CC(C)CC1Oc2n[nH]c(N)c2NC1=O. The fourth-order valence-corrected chi connectivity index (χ4v) is 1.52. The normalized spacial score (nSPS) is 19.7. The van der Waals surface area contributed by atoms with E-state index in [0.717, 1.165) is 0 Å². The van der Waals surface area contributed by atoms with Crippen LogP contribution in [-0.2, 0) is 4.79 Å². The Kier molecular flexibility index (Phi) is 2.26. The van der Waals surface area contributed by atoms with Crippen LogP contribution in [0.4, 0.5) is 11.5 Å². The molecule has 6 nitrogen and oxygen atoms in total. The quantitative estimate of drug-likeness (QED) is 0.671. The molecule has 0 fully saturated rings. The summed E-state index contributed by atoms with van der Waals surface area (Å²) in [5.74, 6) is 0.919. The maximum Gasteiger partial charge on any atom is 0.265 e. The van der Waals surface area contributed by atoms with Crippen LogP contribution in [0.1, 0.15) is 20.3 Å². The first-order valence-corrected chi connectivity index (χ1v) is 4.89. The number of fused-ring (bicyclic) bond motifs is 1. The standard InChI is InChI=1S/C9H14N4O2/c1-4(2)3-5-8(14)11-6-7(10)12-13-9(6)15-5/h4-5H,3H2,1-2H3,(H,11,14)(H3,10,12,13). The Balaban J connectivity index is 2.19. The smallest absolute Gasteiger partial charge is 0.265 e. The number of nitrogens with one attached hydrogen (secondary N) is 2. The summed E-state index contributed by atoms with van der Waals surface area (Å²) in [5, 5.41) is 9.10. The third-order valence-corrected chi connectivity index (χ3v) is 2.24. The summed E-state index contributed by atoms with van der Waals surface area (Å²) >= 11 is 0. The lowest BCUT2D eigenvalue weighted by Crippen LogP contribution is -2.37. The van der Waals surface area contributed by atoms with Gasteiger partial charge in [-0.05, 0) is 12.3 Å². The van der Waals surface area contributed by atoms with E-state index in [2.05, 4.69) is 15.5 Å². The number of ether oxygens (including phenoxy) is 1. The van der Waals surface area contributed by atoms with E-state index in [1.165, 1.54) is 0 Å². The molecular weight excluding hydrogens is 196 g/mol. The average molecular weight is 210 g/mol. The van der Waals surface area contributed by atoms with Crippen molar-refractivity contribution in [1.82, 2.24) is 10.2 Å². The molecule has 0 bridgehead atoms. The van der Waals surface area contributed by atoms with Crippen LogP contribution in [0.5, 0.6) is 5.88 Å². The number of hydrogen-bond acceptors (Lipinski definition) is 4. The zero-order chi connectivity index (χ0) is 11.0. The van der Waals surface area contributed by atoms with Crippen molar-refractivity contribution >= 4 is 17.4 Å². The van der Waals surface area contributed by atoms with Crippen molar-refractivity contribution in [3.05, 3.63) is 0 Å². The van der Waals surface area contributed by atoms with E-state index in [0.29, 0.717) is 29.7 Å². The highest BCUT2D eigenvalue weighted by Gasteiger charge is 2.31. The summed E-state index contributed by atoms with van der Waals surface area (Å²) in [6.07, 6.45) is 0.193. The number of nitrogens with zero attached hydrogens (tertiary/aromatic N) is 1. The zero-order valence-corrected chi connectivity index (χ0v) is 8.70. The molecule has 1 amide bonds. The molecule has 2 rings (SSSR count). The highest BCUT2D eigenvalue weighted by Crippen LogP contribution is 2.32. The molecular formula is C9H14N4O2. The molecule has 0 spiro atoms. The van der Waals surface area contributed by atoms with Crippen molar-refractivity contribution in [2.45, 2.75) is 26.4 Å². The summed E-state index contributed by atoms with van der Waals surface area (Å²) in [6.45, 7) is 4.07. The highest BCUT2D eigenvalue weighted by atomic mass is 16.5. The van der Waals surface area contributed by atoms with Gasteiger partial charge in [-0.15, -0.1) is 5.10 Å². The van der Waals surface area contributed by atoms with E-state index in [1.54, 1.807) is 0 Å². The minimum absolute atomic E-state index is 0.163. The van der Waals surface area contributed by atoms with Crippen molar-refractivity contribution in [1.29, 1.82) is 0 Å². The van der Waals surface area contributed by atoms with Crippen LogP contribution < -0.4 is 15.8 Å². The molecule has 0 saturated carbocycles. The number of nitrogen functional groups attached to an aromatic ring is 1. The van der Waals surface area contributed by atoms with Gasteiger partial charge in [-0.3, -0.25) is 9.89 Å². The molecule has 0 saturated heterocycles. The van der Waals surface area contributed by atoms with Gasteiger partial charge in [0.25, 0.3) is 11.8 Å². The summed E-state index contributed by atoms with van der Waals surface area (Å²) in [4.78, 5) is 11.6. The second-order valence-corrected chi connectivity index (χ2v) is 4.04. The highest BCUT2D eigenvalue weighted by molar-refractivity contribution is 5.99. The molecule has 4 N–H and O–H groups in total. The molecule has 1 aliphatic rings. The number of carbonyl (C=O) groups is 1. The number of H-pyrrole nitrogens is 1. The van der Waals surface area contributed by atoms with E-state index in [4.69, 9.17) is 10.5 Å². The molecule has 15 heavy (non-hydrogen) atoms. The molecule has 0 aliphatic carbocycles. The maximum atomic E-state index is 11.6. The van der Waals surface area contributed by atoms with E-state index in [9.17, 15) is 4.79 Å². The minimum atomic E-state index is -0.472. The molecule has 82 valence electrons. The number of rotatable bonds is 2. The van der Waals surface area contributed by atoms with Crippen molar-refractivity contribution in [3.8, 4) is 5.88 Å². The first-order valence-electron chi connectivity index (χ1n) is 4.89. The predicted molar refractivity (Wildman–Crippen MR) is 55.5 cm³/mol. The second kappa shape index (κ2) is 3.45. The molecule has 1 atom stereocenters. The fraction of sp³-hybridized carbons (Fsp3) is 0.556. The molecule has 1 aromatic heterocycles. The van der Waals surface area contributed by atoms with Gasteiger partial charge in [0.1, 0.15) is 11.5 Å². The summed E-state index contributed by atoms with van der Waals surface area (Å²) in [7, 11) is 0. The van der Waals surface area contributed by atoms with Crippen LogP contribution >= 0.6 is 0 Å². The van der Waals surface area contributed by atoms with E-state index in [1.807, 2.05) is 13.8 Å². The molecule has 0 aromatic carbocycles. The fourth-order valence-electron chi connectivity index (χ4n) is 1.52. The van der Waals surface area contributed by atoms with Crippen molar-refractivity contribution < 1.29 is 9.53 Å². The molecule has 0 radical (unpaired) electrons. The number of anilines is 2. The van der Waals surface area contributed by atoms with Gasteiger partial charge in [0.2, 0.25) is 0 Å². The number of aromatic amines is 1. The topological polar surface area (TPSA) is 93.0 Å². The molecule has 1 unspecified atom stereocenters. The molecule has 6 heteroatoms. The first-order chi connectivity index (χ1) is 7.08. The largest absolute Gasteiger partial charge is 0.462 e. The van der Waals surface area contributed by atoms with Crippen LogP contribution in [0.15, 0.2) is 0 Å². The van der Waals surface area contributed by atoms with Gasteiger partial charge in [0.15, 0.2) is 6.10 Å².